The summed E-state index contributed by atoms with van der Waals surface area (Å²) >= 11 is 0. The molecule has 0 bridgehead atoms. The van der Waals surface area contributed by atoms with Gasteiger partial charge < -0.3 is 11.1 Å². The van der Waals surface area contributed by atoms with Crippen LogP contribution >= 0.6 is 0 Å². The zero-order valence-electron chi connectivity index (χ0n) is 10.2. The first-order chi connectivity index (χ1) is 7.24. The second-order valence-electron chi connectivity index (χ2n) is 4.06. The van der Waals surface area contributed by atoms with Gasteiger partial charge >= 0.3 is 0 Å². The summed E-state index contributed by atoms with van der Waals surface area (Å²) in [5, 5.41) is 3.03. The second-order valence-corrected chi connectivity index (χ2v) is 4.06. The molecule has 1 amide bonds. The van der Waals surface area contributed by atoms with E-state index in [1.54, 1.807) is 0 Å². The molecule has 0 radical (unpaired) electrons. The van der Waals surface area contributed by atoms with E-state index in [1.165, 1.54) is 12.8 Å². The monoisotopic (exact) mass is 214 g/mol. The van der Waals surface area contributed by atoms with E-state index in [0.717, 1.165) is 25.7 Å². The van der Waals surface area contributed by atoms with Crippen molar-refractivity contribution in [3.63, 3.8) is 0 Å². The molecular weight excluding hydrogens is 188 g/mol. The van der Waals surface area contributed by atoms with E-state index in [2.05, 4.69) is 19.2 Å². The molecule has 15 heavy (non-hydrogen) atoms. The van der Waals surface area contributed by atoms with Gasteiger partial charge in [-0.25, -0.2) is 0 Å². The fourth-order valence-corrected chi connectivity index (χ4v) is 1.59. The second kappa shape index (κ2) is 9.97. The van der Waals surface area contributed by atoms with Crippen LogP contribution in [0.3, 0.4) is 0 Å². The van der Waals surface area contributed by atoms with Crippen LogP contribution in [0.1, 0.15) is 58.8 Å². The summed E-state index contributed by atoms with van der Waals surface area (Å²) < 4.78 is 0. The first-order valence-electron chi connectivity index (χ1n) is 6.24. The Labute approximate surface area is 93.8 Å². The SMILES string of the molecule is CCCCCCC(=O)NC(CC)CCN. The first kappa shape index (κ1) is 14.4. The topological polar surface area (TPSA) is 55.1 Å². The Hall–Kier alpha value is -0.570. The molecule has 3 N–H and O–H groups in total. The van der Waals surface area contributed by atoms with E-state index in [0.29, 0.717) is 13.0 Å². The average Bonchev–Trinajstić information content (AvgIpc) is 2.24. The summed E-state index contributed by atoms with van der Waals surface area (Å²) in [7, 11) is 0. The van der Waals surface area contributed by atoms with Crippen molar-refractivity contribution in [2.24, 2.45) is 5.73 Å². The number of amides is 1. The fraction of sp³-hybridized carbons (Fsp3) is 0.917. The Kier molecular flexibility index (Phi) is 9.59. The van der Waals surface area contributed by atoms with Gasteiger partial charge in [0, 0.05) is 12.5 Å². The van der Waals surface area contributed by atoms with E-state index < -0.39 is 0 Å². The molecule has 0 aliphatic rings. The number of unbranched alkanes of at least 4 members (excludes halogenated alkanes) is 3. The number of carbonyl (C=O) groups is 1. The molecule has 0 aliphatic carbocycles. The third-order valence-corrected chi connectivity index (χ3v) is 2.63. The van der Waals surface area contributed by atoms with Crippen molar-refractivity contribution in [3.05, 3.63) is 0 Å². The highest BCUT2D eigenvalue weighted by Crippen LogP contribution is 2.03. The molecule has 0 spiro atoms. The van der Waals surface area contributed by atoms with Gasteiger partial charge in [-0.3, -0.25) is 4.79 Å². The van der Waals surface area contributed by atoms with Crippen molar-refractivity contribution < 1.29 is 4.79 Å². The van der Waals surface area contributed by atoms with Gasteiger partial charge in [-0.1, -0.05) is 33.1 Å². The van der Waals surface area contributed by atoms with Crippen LogP contribution in [-0.2, 0) is 4.79 Å². The standard InChI is InChI=1S/C12H26N2O/c1-3-5-6-7-8-12(15)14-11(4-2)9-10-13/h11H,3-10,13H2,1-2H3,(H,14,15). The number of rotatable bonds is 9. The highest BCUT2D eigenvalue weighted by Gasteiger charge is 2.08. The number of hydrogen-bond donors (Lipinski definition) is 2. The zero-order valence-corrected chi connectivity index (χ0v) is 10.2. The minimum absolute atomic E-state index is 0.186. The van der Waals surface area contributed by atoms with Crippen LogP contribution in [0.4, 0.5) is 0 Å². The van der Waals surface area contributed by atoms with Gasteiger partial charge in [-0.15, -0.1) is 0 Å². The molecule has 0 saturated carbocycles. The minimum atomic E-state index is 0.186. The Balaban J connectivity index is 3.52. The maximum atomic E-state index is 11.5. The lowest BCUT2D eigenvalue weighted by Gasteiger charge is -2.15. The molecule has 1 unspecified atom stereocenters. The van der Waals surface area contributed by atoms with Crippen LogP contribution in [0, 0.1) is 0 Å². The quantitative estimate of drug-likeness (QED) is 0.578. The molecule has 0 heterocycles. The summed E-state index contributed by atoms with van der Waals surface area (Å²) in [6.07, 6.45) is 7.15. The highest BCUT2D eigenvalue weighted by molar-refractivity contribution is 5.76. The van der Waals surface area contributed by atoms with Gasteiger partial charge in [0.15, 0.2) is 0 Å². The number of nitrogens with one attached hydrogen (secondary N) is 1. The smallest absolute Gasteiger partial charge is 0.220 e. The van der Waals surface area contributed by atoms with E-state index >= 15 is 0 Å². The lowest BCUT2D eigenvalue weighted by molar-refractivity contribution is -0.122. The zero-order chi connectivity index (χ0) is 11.5. The molecule has 3 nitrogen and oxygen atoms in total. The Bertz CT molecular complexity index is 160. The van der Waals surface area contributed by atoms with Crippen LogP contribution < -0.4 is 11.1 Å². The fourth-order valence-electron chi connectivity index (χ4n) is 1.59. The normalized spacial score (nSPS) is 12.5. The Morgan fingerprint density at radius 2 is 2.00 bits per heavy atom. The van der Waals surface area contributed by atoms with E-state index in [-0.39, 0.29) is 11.9 Å². The number of nitrogens with two attached hydrogens (primary N) is 1. The van der Waals surface area contributed by atoms with Crippen LogP contribution in [0.2, 0.25) is 0 Å². The molecule has 0 aromatic rings. The number of carbonyl (C=O) groups excluding carboxylic acids is 1. The highest BCUT2D eigenvalue weighted by atomic mass is 16.1. The molecule has 0 fully saturated rings. The summed E-state index contributed by atoms with van der Waals surface area (Å²) in [6.45, 7) is 4.90. The average molecular weight is 214 g/mol. The van der Waals surface area contributed by atoms with Crippen molar-refractivity contribution >= 4 is 5.91 Å². The summed E-state index contributed by atoms with van der Waals surface area (Å²) in [6, 6.07) is 0.272. The molecule has 3 heteroatoms. The molecule has 0 aliphatic heterocycles. The van der Waals surface area contributed by atoms with Gasteiger partial charge in [-0.05, 0) is 25.8 Å². The van der Waals surface area contributed by atoms with E-state index in [9.17, 15) is 4.79 Å². The van der Waals surface area contributed by atoms with Gasteiger partial charge in [0.25, 0.3) is 0 Å². The molecule has 0 aromatic carbocycles. The Morgan fingerprint density at radius 3 is 2.53 bits per heavy atom. The minimum Gasteiger partial charge on any atom is -0.353 e. The molecule has 0 saturated heterocycles. The van der Waals surface area contributed by atoms with Crippen LogP contribution in [-0.4, -0.2) is 18.5 Å². The van der Waals surface area contributed by atoms with E-state index in [4.69, 9.17) is 5.73 Å². The van der Waals surface area contributed by atoms with Gasteiger partial charge in [-0.2, -0.15) is 0 Å². The lowest BCUT2D eigenvalue weighted by atomic mass is 10.1. The first-order valence-corrected chi connectivity index (χ1v) is 6.24. The molecular formula is C12H26N2O. The molecule has 0 aromatic heterocycles. The summed E-state index contributed by atoms with van der Waals surface area (Å²) in [5.74, 6) is 0.186. The van der Waals surface area contributed by atoms with Crippen molar-refractivity contribution in [1.82, 2.24) is 5.32 Å². The predicted molar refractivity (Wildman–Crippen MR) is 64.7 cm³/mol. The van der Waals surface area contributed by atoms with Gasteiger partial charge in [0.05, 0.1) is 0 Å². The van der Waals surface area contributed by atoms with Gasteiger partial charge in [0.1, 0.15) is 0 Å². The van der Waals surface area contributed by atoms with Crippen LogP contribution in [0.25, 0.3) is 0 Å². The van der Waals surface area contributed by atoms with Crippen LogP contribution in [0.5, 0.6) is 0 Å². The maximum Gasteiger partial charge on any atom is 0.220 e. The summed E-state index contributed by atoms with van der Waals surface area (Å²) in [4.78, 5) is 11.5. The lowest BCUT2D eigenvalue weighted by Crippen LogP contribution is -2.35. The predicted octanol–water partition coefficient (Wildman–Crippen LogP) is 2.20. The molecule has 90 valence electrons. The third kappa shape index (κ3) is 8.43. The van der Waals surface area contributed by atoms with Gasteiger partial charge in [0.2, 0.25) is 5.91 Å². The van der Waals surface area contributed by atoms with Crippen molar-refractivity contribution in [2.75, 3.05) is 6.54 Å². The van der Waals surface area contributed by atoms with Crippen molar-refractivity contribution in [1.29, 1.82) is 0 Å². The molecule has 0 rings (SSSR count). The van der Waals surface area contributed by atoms with Crippen molar-refractivity contribution in [3.8, 4) is 0 Å². The Morgan fingerprint density at radius 1 is 1.27 bits per heavy atom. The maximum absolute atomic E-state index is 11.5. The van der Waals surface area contributed by atoms with E-state index in [1.807, 2.05) is 0 Å². The van der Waals surface area contributed by atoms with Crippen LogP contribution in [0.15, 0.2) is 0 Å². The van der Waals surface area contributed by atoms with Crippen molar-refractivity contribution in [2.45, 2.75) is 64.8 Å². The largest absolute Gasteiger partial charge is 0.353 e. The third-order valence-electron chi connectivity index (χ3n) is 2.63. The summed E-state index contributed by atoms with van der Waals surface area (Å²) in [5.41, 5.74) is 5.47. The number of hydrogen-bond acceptors (Lipinski definition) is 2. The molecule has 1 atom stereocenters.